The van der Waals surface area contributed by atoms with Crippen LogP contribution < -0.4 is 20.1 Å². The molecule has 0 aliphatic carbocycles. The van der Waals surface area contributed by atoms with Gasteiger partial charge in [-0.15, -0.1) is 0 Å². The third kappa shape index (κ3) is 3.40. The van der Waals surface area contributed by atoms with Gasteiger partial charge in [0.25, 0.3) is 10.0 Å². The number of fused-ring (bicyclic) bond motifs is 1. The van der Waals surface area contributed by atoms with Crippen LogP contribution in [0.1, 0.15) is 5.56 Å². The lowest BCUT2D eigenvalue weighted by Crippen LogP contribution is -2.18. The maximum Gasteiger partial charge on any atom is 0.417 e. The number of ether oxygens (including phenoxy) is 2. The van der Waals surface area contributed by atoms with Crippen molar-refractivity contribution in [2.45, 2.75) is 4.90 Å². The summed E-state index contributed by atoms with van der Waals surface area (Å²) in [6.45, 7) is 0. The number of hydrogen-bond donors (Lipinski definition) is 2. The number of aromatic amines is 1. The van der Waals surface area contributed by atoms with Gasteiger partial charge in [0, 0.05) is 11.6 Å². The van der Waals surface area contributed by atoms with Gasteiger partial charge in [-0.05, 0) is 24.3 Å². The number of H-pyrrole nitrogens is 1. The van der Waals surface area contributed by atoms with E-state index in [0.29, 0.717) is 22.6 Å². The largest absolute Gasteiger partial charge is 0.493 e. The third-order valence-corrected chi connectivity index (χ3v) is 4.73. The summed E-state index contributed by atoms with van der Waals surface area (Å²) in [5, 5.41) is 3.76. The zero-order valence-electron chi connectivity index (χ0n) is 13.8. The number of methoxy groups -OCH3 is 2. The van der Waals surface area contributed by atoms with Crippen molar-refractivity contribution in [3.63, 3.8) is 0 Å². The van der Waals surface area contributed by atoms with Crippen LogP contribution in [-0.4, -0.2) is 33.8 Å². The Morgan fingerprint density at radius 3 is 2.73 bits per heavy atom. The molecule has 136 valence electrons. The van der Waals surface area contributed by atoms with E-state index in [2.05, 4.69) is 14.9 Å². The molecule has 0 bridgehead atoms. The van der Waals surface area contributed by atoms with Gasteiger partial charge in [0.05, 0.1) is 30.8 Å². The Hall–Kier alpha value is -3.27. The van der Waals surface area contributed by atoms with Gasteiger partial charge >= 0.3 is 5.76 Å². The Balaban J connectivity index is 1.85. The number of sulfonamides is 1. The van der Waals surface area contributed by atoms with Gasteiger partial charge in [-0.3, -0.25) is 4.98 Å². The van der Waals surface area contributed by atoms with Crippen molar-refractivity contribution < 1.29 is 22.3 Å². The van der Waals surface area contributed by atoms with Crippen molar-refractivity contribution in [3.05, 3.63) is 52.5 Å². The molecule has 0 atom stereocenters. The maximum absolute atomic E-state index is 12.3. The van der Waals surface area contributed by atoms with Crippen molar-refractivity contribution in [1.82, 2.24) is 9.82 Å². The summed E-state index contributed by atoms with van der Waals surface area (Å²) in [6, 6.07) is 9.12. The summed E-state index contributed by atoms with van der Waals surface area (Å²) in [4.78, 5) is 15.6. The van der Waals surface area contributed by atoms with E-state index in [1.54, 1.807) is 18.2 Å². The van der Waals surface area contributed by atoms with Crippen LogP contribution in [0.25, 0.3) is 11.1 Å². The second-order valence-electron chi connectivity index (χ2n) is 5.11. The average Bonchev–Trinajstić information content (AvgIpc) is 3.00. The van der Waals surface area contributed by atoms with Gasteiger partial charge in [-0.1, -0.05) is 6.07 Å². The minimum atomic E-state index is -3.94. The van der Waals surface area contributed by atoms with E-state index in [4.69, 9.17) is 13.9 Å². The highest BCUT2D eigenvalue weighted by Crippen LogP contribution is 2.29. The molecular weight excluding hydrogens is 362 g/mol. The monoisotopic (exact) mass is 377 g/mol. The predicted molar refractivity (Wildman–Crippen MR) is 94.3 cm³/mol. The quantitative estimate of drug-likeness (QED) is 0.495. The van der Waals surface area contributed by atoms with E-state index >= 15 is 0 Å². The van der Waals surface area contributed by atoms with Gasteiger partial charge in [-0.25, -0.2) is 9.63 Å². The molecule has 0 radical (unpaired) electrons. The lowest BCUT2D eigenvalue weighted by Gasteiger charge is -2.09. The summed E-state index contributed by atoms with van der Waals surface area (Å²) in [5.74, 6) is 0.256. The normalized spacial score (nSPS) is 11.8. The van der Waals surface area contributed by atoms with Crippen molar-refractivity contribution >= 4 is 27.3 Å². The van der Waals surface area contributed by atoms with Gasteiger partial charge in [0.2, 0.25) is 0 Å². The van der Waals surface area contributed by atoms with Crippen LogP contribution in [0.3, 0.4) is 0 Å². The van der Waals surface area contributed by atoms with Crippen LogP contribution >= 0.6 is 0 Å². The Kier molecular flexibility index (Phi) is 4.67. The number of oxazole rings is 1. The van der Waals surface area contributed by atoms with Crippen LogP contribution in [0, 0.1) is 0 Å². The molecule has 9 nitrogen and oxygen atoms in total. The van der Waals surface area contributed by atoms with Gasteiger partial charge in [0.1, 0.15) is 0 Å². The second-order valence-corrected chi connectivity index (χ2v) is 6.77. The first kappa shape index (κ1) is 17.5. The summed E-state index contributed by atoms with van der Waals surface area (Å²) in [6.07, 6.45) is 1.30. The lowest BCUT2D eigenvalue weighted by atomic mass is 10.2. The highest BCUT2D eigenvalue weighted by molar-refractivity contribution is 7.89. The Bertz CT molecular complexity index is 1130. The van der Waals surface area contributed by atoms with Crippen LogP contribution in [-0.2, 0) is 10.0 Å². The van der Waals surface area contributed by atoms with Crippen molar-refractivity contribution in [3.8, 4) is 11.5 Å². The highest BCUT2D eigenvalue weighted by atomic mass is 32.2. The molecule has 1 heterocycles. The smallest absolute Gasteiger partial charge is 0.417 e. The third-order valence-electron chi connectivity index (χ3n) is 3.51. The fourth-order valence-corrected chi connectivity index (χ4v) is 3.13. The molecule has 0 saturated carbocycles. The van der Waals surface area contributed by atoms with Gasteiger partial charge in [0.15, 0.2) is 17.1 Å². The van der Waals surface area contributed by atoms with E-state index in [-0.39, 0.29) is 10.5 Å². The number of aromatic nitrogens is 1. The van der Waals surface area contributed by atoms with Crippen molar-refractivity contribution in [2.75, 3.05) is 14.2 Å². The summed E-state index contributed by atoms with van der Waals surface area (Å²) < 4.78 is 40.0. The fourth-order valence-electron chi connectivity index (χ4n) is 2.32. The van der Waals surface area contributed by atoms with E-state index in [0.717, 1.165) is 0 Å². The number of nitrogens with zero attached hydrogens (tertiary/aromatic N) is 1. The van der Waals surface area contributed by atoms with Gasteiger partial charge in [-0.2, -0.15) is 13.5 Å². The number of benzene rings is 2. The summed E-state index contributed by atoms with van der Waals surface area (Å²) in [7, 11) is -0.975. The molecule has 10 heteroatoms. The summed E-state index contributed by atoms with van der Waals surface area (Å²) >= 11 is 0. The molecule has 0 unspecified atom stereocenters. The topological polar surface area (TPSA) is 123 Å². The molecule has 1 aromatic heterocycles. The summed E-state index contributed by atoms with van der Waals surface area (Å²) in [5.41, 5.74) is 1.07. The highest BCUT2D eigenvalue weighted by Gasteiger charge is 2.15. The molecule has 2 aromatic carbocycles. The molecule has 3 rings (SSSR count). The first-order valence-electron chi connectivity index (χ1n) is 7.33. The SMILES string of the molecule is COc1cccc(/C=N/NS(=O)(=O)c2ccc3[nH]c(=O)oc3c2)c1OC. The molecule has 0 fully saturated rings. The average molecular weight is 377 g/mol. The first-order valence-corrected chi connectivity index (χ1v) is 8.81. The molecule has 0 spiro atoms. The van der Waals surface area contributed by atoms with Crippen molar-refractivity contribution in [2.24, 2.45) is 5.10 Å². The molecule has 0 saturated heterocycles. The molecule has 0 aliphatic heterocycles. The first-order chi connectivity index (χ1) is 12.4. The molecule has 26 heavy (non-hydrogen) atoms. The standard InChI is InChI=1S/C16H15N3O6S/c1-23-13-5-3-4-10(15(13)24-2)9-17-19-26(21,22)11-6-7-12-14(8-11)25-16(20)18-12/h3-9,19H,1-2H3,(H,18,20)/b17-9+. The number of rotatable bonds is 6. The Labute approximate surface area is 148 Å². The minimum Gasteiger partial charge on any atom is -0.493 e. The van der Waals surface area contributed by atoms with E-state index in [9.17, 15) is 13.2 Å². The van der Waals surface area contributed by atoms with E-state index in [1.165, 1.54) is 38.6 Å². The molecular formula is C16H15N3O6S. The molecule has 0 amide bonds. The number of para-hydroxylation sites is 1. The number of hydrazone groups is 1. The minimum absolute atomic E-state index is 0.0949. The number of hydrogen-bond acceptors (Lipinski definition) is 7. The van der Waals surface area contributed by atoms with E-state index in [1.807, 2.05) is 0 Å². The van der Waals surface area contributed by atoms with Crippen LogP contribution in [0.2, 0.25) is 0 Å². The maximum atomic E-state index is 12.3. The zero-order chi connectivity index (χ0) is 18.7. The predicted octanol–water partition coefficient (Wildman–Crippen LogP) is 1.45. The Morgan fingerprint density at radius 2 is 2.00 bits per heavy atom. The number of nitrogens with one attached hydrogen (secondary N) is 2. The van der Waals surface area contributed by atoms with E-state index < -0.39 is 15.8 Å². The molecule has 2 N–H and O–H groups in total. The van der Waals surface area contributed by atoms with Crippen molar-refractivity contribution in [1.29, 1.82) is 0 Å². The van der Waals surface area contributed by atoms with Crippen LogP contribution in [0.15, 0.2) is 55.6 Å². The molecule has 0 aliphatic rings. The molecule has 3 aromatic rings. The fraction of sp³-hybridized carbons (Fsp3) is 0.125. The lowest BCUT2D eigenvalue weighted by molar-refractivity contribution is 0.354. The van der Waals surface area contributed by atoms with Crippen LogP contribution in [0.4, 0.5) is 0 Å². The van der Waals surface area contributed by atoms with Gasteiger partial charge < -0.3 is 13.9 Å². The Morgan fingerprint density at radius 1 is 1.19 bits per heavy atom. The van der Waals surface area contributed by atoms with Crippen LogP contribution in [0.5, 0.6) is 11.5 Å². The second kappa shape index (κ2) is 6.92. The zero-order valence-corrected chi connectivity index (χ0v) is 14.7.